The van der Waals surface area contributed by atoms with E-state index in [9.17, 15) is 30.4 Å². The van der Waals surface area contributed by atoms with E-state index >= 15 is 0 Å². The third kappa shape index (κ3) is 3.23. The average molecular weight is 400 g/mol. The van der Waals surface area contributed by atoms with Crippen molar-refractivity contribution in [3.05, 3.63) is 71.4 Å². The molecule has 0 aliphatic rings. The molecule has 0 radical (unpaired) electrons. The van der Waals surface area contributed by atoms with E-state index in [2.05, 4.69) is 16.3 Å². The zero-order chi connectivity index (χ0) is 19.9. The zero-order valence-electron chi connectivity index (χ0n) is 13.2. The molecule has 1 heterocycles. The highest BCUT2D eigenvalue weighted by Crippen LogP contribution is 2.34. The summed E-state index contributed by atoms with van der Waals surface area (Å²) < 4.78 is 94.2. The number of hydrogen-bond donors (Lipinski definition) is 1. The fourth-order valence-electron chi connectivity index (χ4n) is 2.41. The van der Waals surface area contributed by atoms with Crippen molar-refractivity contribution < 1.29 is 30.4 Å². The number of nitrogens with zero attached hydrogens (tertiary/aromatic N) is 1. The molecule has 0 fully saturated rings. The van der Waals surface area contributed by atoms with Crippen molar-refractivity contribution in [1.29, 1.82) is 0 Å². The molecule has 10 heteroatoms. The topological polar surface area (TPSA) is 59.1 Å². The van der Waals surface area contributed by atoms with Crippen LogP contribution >= 0.6 is 0 Å². The molecular formula is C17H9F5N2O2S. The van der Waals surface area contributed by atoms with E-state index in [4.69, 9.17) is 0 Å². The molecule has 0 saturated carbocycles. The summed E-state index contributed by atoms with van der Waals surface area (Å²) in [5.74, 6) is -10.7. The largest absolute Gasteiger partial charge is 0.279 e. The molecule has 0 saturated heterocycles. The molecule has 0 amide bonds. The molecule has 3 rings (SSSR count). The maximum atomic E-state index is 14.1. The molecule has 140 valence electrons. The summed E-state index contributed by atoms with van der Waals surface area (Å²) >= 11 is 0. The van der Waals surface area contributed by atoms with Gasteiger partial charge in [0.05, 0.1) is 22.5 Å². The van der Waals surface area contributed by atoms with Crippen molar-refractivity contribution in [2.75, 3.05) is 4.72 Å². The summed E-state index contributed by atoms with van der Waals surface area (Å²) in [4.78, 5) is 3.90. The predicted octanol–water partition coefficient (Wildman–Crippen LogP) is 4.48. The lowest BCUT2D eigenvalue weighted by atomic mass is 10.1. The van der Waals surface area contributed by atoms with Gasteiger partial charge in [0.25, 0.3) is 10.0 Å². The van der Waals surface area contributed by atoms with Crippen LogP contribution in [0.1, 0.15) is 0 Å². The number of fused-ring (bicyclic) bond motifs is 1. The van der Waals surface area contributed by atoms with E-state index in [1.807, 2.05) is 0 Å². The highest BCUT2D eigenvalue weighted by molar-refractivity contribution is 7.95. The first-order valence-electron chi connectivity index (χ1n) is 7.23. The first kappa shape index (κ1) is 18.8. The van der Waals surface area contributed by atoms with E-state index in [0.29, 0.717) is 5.41 Å². The molecule has 0 aliphatic carbocycles. The maximum absolute atomic E-state index is 14.1. The average Bonchev–Trinajstić information content (AvgIpc) is 2.65. The van der Waals surface area contributed by atoms with Crippen LogP contribution in [-0.2, 0) is 10.0 Å². The Bertz CT molecular complexity index is 1170. The van der Waals surface area contributed by atoms with Gasteiger partial charge in [-0.25, -0.2) is 35.4 Å². The Kier molecular flexibility index (Phi) is 4.60. The van der Waals surface area contributed by atoms with Crippen LogP contribution in [0.4, 0.5) is 27.6 Å². The van der Waals surface area contributed by atoms with Gasteiger partial charge in [0.1, 0.15) is 0 Å². The van der Waals surface area contributed by atoms with E-state index in [-0.39, 0.29) is 16.6 Å². The Morgan fingerprint density at radius 1 is 0.926 bits per heavy atom. The van der Waals surface area contributed by atoms with Gasteiger partial charge in [-0.2, -0.15) is 0 Å². The van der Waals surface area contributed by atoms with Crippen LogP contribution in [0.3, 0.4) is 0 Å². The number of aromatic nitrogens is 1. The van der Waals surface area contributed by atoms with Crippen LogP contribution in [0, 0.1) is 29.1 Å². The second-order valence-corrected chi connectivity index (χ2v) is 6.96. The van der Waals surface area contributed by atoms with Gasteiger partial charge in [-0.05, 0) is 12.1 Å². The Morgan fingerprint density at radius 2 is 1.48 bits per heavy atom. The predicted molar refractivity (Wildman–Crippen MR) is 89.7 cm³/mol. The van der Waals surface area contributed by atoms with Crippen LogP contribution in [0.25, 0.3) is 22.2 Å². The molecule has 0 unspecified atom stereocenters. The van der Waals surface area contributed by atoms with Crippen molar-refractivity contribution in [3.8, 4) is 11.3 Å². The summed E-state index contributed by atoms with van der Waals surface area (Å²) in [5, 5.41) is 0.843. The van der Waals surface area contributed by atoms with Gasteiger partial charge >= 0.3 is 0 Å². The number of halogens is 5. The van der Waals surface area contributed by atoms with Crippen molar-refractivity contribution in [1.82, 2.24) is 4.98 Å². The summed E-state index contributed by atoms with van der Waals surface area (Å²) in [6.45, 7) is 3.12. The van der Waals surface area contributed by atoms with E-state index in [1.165, 1.54) is 18.2 Å². The third-order valence-electron chi connectivity index (χ3n) is 3.65. The second kappa shape index (κ2) is 6.62. The summed E-state index contributed by atoms with van der Waals surface area (Å²) in [6.07, 6.45) is 0. The summed E-state index contributed by atoms with van der Waals surface area (Å²) in [7, 11) is -4.02. The monoisotopic (exact) mass is 400 g/mol. The number of para-hydroxylation sites is 1. The van der Waals surface area contributed by atoms with Gasteiger partial charge in [0.15, 0.2) is 23.3 Å². The van der Waals surface area contributed by atoms with Gasteiger partial charge in [-0.15, -0.1) is 0 Å². The number of anilines is 1. The van der Waals surface area contributed by atoms with Crippen LogP contribution in [0.5, 0.6) is 0 Å². The number of nitrogens with one attached hydrogen (secondary N) is 1. The molecule has 3 aromatic rings. The lowest BCUT2D eigenvalue weighted by Gasteiger charge is -2.13. The Labute approximate surface area is 150 Å². The van der Waals surface area contributed by atoms with Crippen LogP contribution in [-0.4, -0.2) is 13.4 Å². The van der Waals surface area contributed by atoms with Crippen molar-refractivity contribution in [2.24, 2.45) is 0 Å². The zero-order valence-corrected chi connectivity index (χ0v) is 14.0. The van der Waals surface area contributed by atoms with Gasteiger partial charge < -0.3 is 0 Å². The van der Waals surface area contributed by atoms with Crippen LogP contribution in [0.2, 0.25) is 0 Å². The fourth-order valence-corrected chi connectivity index (χ4v) is 2.97. The molecule has 1 aromatic heterocycles. The Balaban J connectivity index is 2.37. The highest BCUT2D eigenvalue weighted by Gasteiger charge is 2.28. The van der Waals surface area contributed by atoms with Crippen molar-refractivity contribution in [3.63, 3.8) is 0 Å². The van der Waals surface area contributed by atoms with Crippen LogP contribution < -0.4 is 4.72 Å². The Morgan fingerprint density at radius 3 is 2.07 bits per heavy atom. The quantitative estimate of drug-likeness (QED) is 0.399. The molecule has 2 aromatic carbocycles. The van der Waals surface area contributed by atoms with E-state index in [1.54, 1.807) is 6.07 Å². The molecule has 0 atom stereocenters. The molecule has 0 spiro atoms. The normalized spacial score (nSPS) is 11.6. The van der Waals surface area contributed by atoms with Crippen molar-refractivity contribution in [2.45, 2.75) is 0 Å². The lowest BCUT2D eigenvalue weighted by molar-refractivity contribution is 0.381. The number of rotatable bonds is 4. The summed E-state index contributed by atoms with van der Waals surface area (Å²) in [6, 6.07) is 6.78. The van der Waals surface area contributed by atoms with Gasteiger partial charge in [-0.3, -0.25) is 4.72 Å². The van der Waals surface area contributed by atoms with Gasteiger partial charge in [0, 0.05) is 10.8 Å². The lowest BCUT2D eigenvalue weighted by Crippen LogP contribution is -2.10. The summed E-state index contributed by atoms with van der Waals surface area (Å²) in [5.41, 5.74) is -2.00. The third-order valence-corrected chi connectivity index (χ3v) is 4.60. The smallest absolute Gasteiger partial charge is 0.254 e. The SMILES string of the molecule is C=CS(=O)(=O)Nc1cc(-c2c(F)c(F)c(F)c(F)c2F)nc2ccccc12. The minimum Gasteiger partial charge on any atom is -0.279 e. The number of sulfonamides is 1. The minimum absolute atomic E-state index is 0.0701. The fraction of sp³-hybridized carbons (Fsp3) is 0. The standard InChI is InChI=1S/C17H9F5N2O2S/c1-2-27(25,26)24-10-7-11(23-9-6-4-3-5-8(9)10)12-13(18)15(20)17(22)16(21)14(12)19/h2-7H,1H2,(H,23,24). The number of pyridine rings is 1. The first-order chi connectivity index (χ1) is 12.7. The highest BCUT2D eigenvalue weighted by atomic mass is 32.2. The Hall–Kier alpha value is -3.01. The van der Waals surface area contributed by atoms with Crippen molar-refractivity contribution >= 4 is 26.6 Å². The molecule has 27 heavy (non-hydrogen) atoms. The molecule has 1 N–H and O–H groups in total. The maximum Gasteiger partial charge on any atom is 0.254 e. The minimum atomic E-state index is -4.02. The second-order valence-electron chi connectivity index (χ2n) is 5.33. The molecular weight excluding hydrogens is 391 g/mol. The van der Waals surface area contributed by atoms with E-state index < -0.39 is 50.4 Å². The molecule has 0 aliphatic heterocycles. The van der Waals surface area contributed by atoms with Gasteiger partial charge in [0.2, 0.25) is 5.82 Å². The molecule has 4 nitrogen and oxygen atoms in total. The molecule has 0 bridgehead atoms. The first-order valence-corrected chi connectivity index (χ1v) is 8.77. The van der Waals surface area contributed by atoms with Crippen LogP contribution in [0.15, 0.2) is 42.3 Å². The van der Waals surface area contributed by atoms with E-state index in [0.717, 1.165) is 6.07 Å². The number of hydrogen-bond acceptors (Lipinski definition) is 3. The van der Waals surface area contributed by atoms with Gasteiger partial charge in [-0.1, -0.05) is 24.8 Å². The number of benzene rings is 2.